The monoisotopic (exact) mass is 510 g/mol. The summed E-state index contributed by atoms with van der Waals surface area (Å²) < 4.78 is 5.42. The van der Waals surface area contributed by atoms with Gasteiger partial charge in [0.2, 0.25) is 5.78 Å². The van der Waals surface area contributed by atoms with Gasteiger partial charge in [-0.2, -0.15) is 5.26 Å². The van der Waals surface area contributed by atoms with Crippen LogP contribution in [-0.4, -0.2) is 60.9 Å². The number of nitriles is 1. The van der Waals surface area contributed by atoms with Crippen LogP contribution in [0.15, 0.2) is 65.0 Å². The number of carbonyl (C=O) groups excluding carboxylic acids is 1. The molecule has 0 aromatic heterocycles. The number of nitrogens with one attached hydrogen (secondary N) is 1. The standard InChI is InChI=1S/C31H34N4O3/c1-23(12-14-32)34-21-28(20-29-31(37)30(36)13-15-33-29)27-10-8-25(9-11-27)3-2-24-4-6-26(7-5-24)22-35-16-18-38-19-17-35/h4-11,15,23,28,34,37H,12-13,16-22H2,1H3. The molecule has 0 radical (unpaired) electrons. The zero-order valence-electron chi connectivity index (χ0n) is 21.8. The first-order valence-electron chi connectivity index (χ1n) is 13.1. The lowest BCUT2D eigenvalue weighted by molar-refractivity contribution is -0.117. The van der Waals surface area contributed by atoms with E-state index in [1.54, 1.807) is 6.21 Å². The van der Waals surface area contributed by atoms with E-state index in [0.29, 0.717) is 25.1 Å². The number of allylic oxidation sites excluding steroid dienone is 2. The highest BCUT2D eigenvalue weighted by Gasteiger charge is 2.22. The molecule has 38 heavy (non-hydrogen) atoms. The summed E-state index contributed by atoms with van der Waals surface area (Å²) in [6, 6.07) is 18.7. The lowest BCUT2D eigenvalue weighted by Gasteiger charge is -2.26. The summed E-state index contributed by atoms with van der Waals surface area (Å²) in [5.41, 5.74) is 4.60. The molecule has 2 N–H and O–H groups in total. The van der Waals surface area contributed by atoms with E-state index in [-0.39, 0.29) is 29.9 Å². The number of hydrogen-bond donors (Lipinski definition) is 2. The molecule has 2 unspecified atom stereocenters. The Bertz CT molecular complexity index is 1260. The summed E-state index contributed by atoms with van der Waals surface area (Å²) >= 11 is 0. The van der Waals surface area contributed by atoms with Crippen LogP contribution in [-0.2, 0) is 16.1 Å². The Morgan fingerprint density at radius 1 is 1.08 bits per heavy atom. The molecule has 4 rings (SSSR count). The highest BCUT2D eigenvalue weighted by atomic mass is 16.5. The number of aliphatic hydroxyl groups is 1. The number of carbonyl (C=O) groups is 1. The van der Waals surface area contributed by atoms with Gasteiger partial charge in [-0.15, -0.1) is 0 Å². The van der Waals surface area contributed by atoms with Gasteiger partial charge >= 0.3 is 0 Å². The van der Waals surface area contributed by atoms with Crippen LogP contribution < -0.4 is 5.32 Å². The van der Waals surface area contributed by atoms with Gasteiger partial charge < -0.3 is 15.2 Å². The minimum atomic E-state index is -0.306. The van der Waals surface area contributed by atoms with Crippen LogP contribution >= 0.6 is 0 Å². The van der Waals surface area contributed by atoms with E-state index in [0.717, 1.165) is 49.5 Å². The van der Waals surface area contributed by atoms with Gasteiger partial charge in [0, 0.05) is 68.3 Å². The van der Waals surface area contributed by atoms with Crippen molar-refractivity contribution in [2.75, 3.05) is 32.8 Å². The molecule has 2 aromatic rings. The van der Waals surface area contributed by atoms with Gasteiger partial charge in [-0.25, -0.2) is 0 Å². The van der Waals surface area contributed by atoms with Crippen molar-refractivity contribution < 1.29 is 14.6 Å². The van der Waals surface area contributed by atoms with Gasteiger partial charge in [0.1, 0.15) is 0 Å². The molecule has 0 bridgehead atoms. The van der Waals surface area contributed by atoms with E-state index in [1.165, 1.54) is 5.56 Å². The number of benzene rings is 2. The average Bonchev–Trinajstić information content (AvgIpc) is 2.94. The van der Waals surface area contributed by atoms with Crippen molar-refractivity contribution in [1.82, 2.24) is 10.2 Å². The van der Waals surface area contributed by atoms with Gasteiger partial charge in [0.05, 0.1) is 31.4 Å². The molecular weight excluding hydrogens is 476 g/mol. The molecule has 1 fully saturated rings. The molecule has 2 atom stereocenters. The number of rotatable bonds is 9. The SMILES string of the molecule is CC(CC#N)NCC(CC1=C(O)C(=O)CC=N1)c1ccc(C#Cc2ccc(CN3CCOCC3)cc2)cc1. The molecule has 0 spiro atoms. The van der Waals surface area contributed by atoms with E-state index >= 15 is 0 Å². The first kappa shape index (κ1) is 27.3. The van der Waals surface area contributed by atoms with E-state index in [1.807, 2.05) is 31.2 Å². The van der Waals surface area contributed by atoms with Crippen molar-refractivity contribution in [1.29, 1.82) is 5.26 Å². The number of ether oxygens (including phenoxy) is 1. The molecule has 2 heterocycles. The number of nitrogens with zero attached hydrogens (tertiary/aromatic N) is 3. The third kappa shape index (κ3) is 7.87. The van der Waals surface area contributed by atoms with E-state index in [9.17, 15) is 9.90 Å². The van der Waals surface area contributed by atoms with Gasteiger partial charge in [-0.1, -0.05) is 36.1 Å². The van der Waals surface area contributed by atoms with Crippen molar-refractivity contribution in [2.24, 2.45) is 4.99 Å². The summed E-state index contributed by atoms with van der Waals surface area (Å²) in [4.78, 5) is 18.6. The number of aliphatic imine (C=N–C) groups is 1. The molecule has 1 saturated heterocycles. The Morgan fingerprint density at radius 2 is 1.74 bits per heavy atom. The fraction of sp³-hybridized carbons (Fsp3) is 0.387. The fourth-order valence-corrected chi connectivity index (χ4v) is 4.49. The van der Waals surface area contributed by atoms with E-state index in [2.05, 4.69) is 57.4 Å². The van der Waals surface area contributed by atoms with Crippen LogP contribution in [0.5, 0.6) is 0 Å². The molecule has 7 heteroatoms. The summed E-state index contributed by atoms with van der Waals surface area (Å²) in [5.74, 6) is 5.90. The van der Waals surface area contributed by atoms with Crippen molar-refractivity contribution in [3.63, 3.8) is 0 Å². The van der Waals surface area contributed by atoms with E-state index < -0.39 is 0 Å². The lowest BCUT2D eigenvalue weighted by atomic mass is 9.91. The largest absolute Gasteiger partial charge is 0.503 e. The molecule has 7 nitrogen and oxygen atoms in total. The Labute approximate surface area is 224 Å². The molecule has 2 aliphatic rings. The van der Waals surface area contributed by atoms with Gasteiger partial charge in [-0.05, 0) is 42.3 Å². The Hall–Kier alpha value is -3.75. The normalized spacial score (nSPS) is 17.4. The van der Waals surface area contributed by atoms with Crippen LogP contribution in [0.4, 0.5) is 0 Å². The topological polar surface area (TPSA) is 98.0 Å². The number of morpholine rings is 1. The lowest BCUT2D eigenvalue weighted by Crippen LogP contribution is -2.35. The van der Waals surface area contributed by atoms with Crippen molar-refractivity contribution in [2.45, 2.75) is 44.7 Å². The van der Waals surface area contributed by atoms with Crippen molar-refractivity contribution >= 4 is 12.0 Å². The Balaban J connectivity index is 1.42. The fourth-order valence-electron chi connectivity index (χ4n) is 4.49. The summed E-state index contributed by atoms with van der Waals surface area (Å²) in [6.07, 6.45) is 2.50. The van der Waals surface area contributed by atoms with Crippen molar-refractivity contribution in [3.8, 4) is 17.9 Å². The predicted molar refractivity (Wildman–Crippen MR) is 148 cm³/mol. The molecule has 2 aromatic carbocycles. The summed E-state index contributed by atoms with van der Waals surface area (Å²) in [6.45, 7) is 7.02. The van der Waals surface area contributed by atoms with Gasteiger partial charge in [-0.3, -0.25) is 14.7 Å². The molecule has 0 saturated carbocycles. The molecular formula is C31H34N4O3. The quantitative estimate of drug-likeness (QED) is 0.493. The van der Waals surface area contributed by atoms with E-state index in [4.69, 9.17) is 10.00 Å². The Kier molecular flexibility index (Phi) is 9.84. The minimum Gasteiger partial charge on any atom is -0.503 e. The average molecular weight is 511 g/mol. The Morgan fingerprint density at radius 3 is 2.39 bits per heavy atom. The van der Waals surface area contributed by atoms with Crippen LogP contribution in [0.1, 0.15) is 54.4 Å². The smallest absolute Gasteiger partial charge is 0.204 e. The van der Waals surface area contributed by atoms with Crippen molar-refractivity contribution in [3.05, 3.63) is 82.2 Å². The summed E-state index contributed by atoms with van der Waals surface area (Å²) in [5, 5.41) is 22.6. The van der Waals surface area contributed by atoms with Gasteiger partial charge in [0.15, 0.2) is 5.76 Å². The highest BCUT2D eigenvalue weighted by Crippen LogP contribution is 2.27. The second-order valence-corrected chi connectivity index (χ2v) is 9.76. The van der Waals surface area contributed by atoms with Gasteiger partial charge in [0.25, 0.3) is 0 Å². The zero-order chi connectivity index (χ0) is 26.7. The van der Waals surface area contributed by atoms with Crippen LogP contribution in [0, 0.1) is 23.2 Å². The van der Waals surface area contributed by atoms with Crippen LogP contribution in [0.3, 0.4) is 0 Å². The molecule has 196 valence electrons. The van der Waals surface area contributed by atoms with Crippen LogP contribution in [0.25, 0.3) is 0 Å². The first-order chi connectivity index (χ1) is 18.5. The predicted octanol–water partition coefficient (Wildman–Crippen LogP) is 4.10. The zero-order valence-corrected chi connectivity index (χ0v) is 21.8. The third-order valence-corrected chi connectivity index (χ3v) is 6.81. The molecule has 0 amide bonds. The molecule has 0 aliphatic carbocycles. The number of Topliss-reactive ketones (excluding diaryl/α,β-unsaturated/α-hetero) is 1. The number of aliphatic hydroxyl groups excluding tert-OH is 1. The second kappa shape index (κ2) is 13.7. The van der Waals surface area contributed by atoms with Crippen LogP contribution in [0.2, 0.25) is 0 Å². The summed E-state index contributed by atoms with van der Waals surface area (Å²) in [7, 11) is 0. The first-order valence-corrected chi connectivity index (χ1v) is 13.1. The third-order valence-electron chi connectivity index (χ3n) is 6.81. The maximum atomic E-state index is 11.9. The minimum absolute atomic E-state index is 0.0302. The maximum absolute atomic E-state index is 11.9. The number of hydrogen-bond acceptors (Lipinski definition) is 7. The molecule has 2 aliphatic heterocycles. The number of ketones is 1. The second-order valence-electron chi connectivity index (χ2n) is 9.76. The maximum Gasteiger partial charge on any atom is 0.204 e. The highest BCUT2D eigenvalue weighted by molar-refractivity contribution is 6.03.